The third kappa shape index (κ3) is 2.04. The SMILES string of the molecule is O=[N+]([O-])c1ccc([As](O)O)cc1. The van der Waals surface area contributed by atoms with E-state index in [1.54, 1.807) is 0 Å². The number of hydrogen-bond donors (Lipinski definition) is 2. The van der Waals surface area contributed by atoms with Gasteiger partial charge in [-0.3, -0.25) is 0 Å². The molecule has 0 unspecified atom stereocenters. The maximum absolute atomic E-state index is 10.2. The number of nitro groups is 1. The van der Waals surface area contributed by atoms with Crippen LogP contribution in [0.4, 0.5) is 5.69 Å². The van der Waals surface area contributed by atoms with Crippen LogP contribution in [0.3, 0.4) is 0 Å². The first kappa shape index (κ1) is 9.19. The summed E-state index contributed by atoms with van der Waals surface area (Å²) in [6, 6.07) is 5.23. The monoisotopic (exact) mass is 231 g/mol. The Kier molecular flexibility index (Phi) is 2.81. The number of nitrogens with zero attached hydrogens (tertiary/aromatic N) is 1. The molecule has 0 aliphatic rings. The fraction of sp³-hybridized carbons (Fsp3) is 0. The van der Waals surface area contributed by atoms with Crippen molar-refractivity contribution in [3.63, 3.8) is 0 Å². The summed E-state index contributed by atoms with van der Waals surface area (Å²) in [6.45, 7) is 0. The Balaban J connectivity index is 2.93. The molecule has 0 bridgehead atoms. The van der Waals surface area contributed by atoms with Gasteiger partial charge < -0.3 is 0 Å². The van der Waals surface area contributed by atoms with E-state index in [0.29, 0.717) is 4.35 Å². The van der Waals surface area contributed by atoms with Gasteiger partial charge in [-0.05, 0) is 0 Å². The molecule has 0 saturated heterocycles. The van der Waals surface area contributed by atoms with Crippen molar-refractivity contribution in [2.45, 2.75) is 0 Å². The summed E-state index contributed by atoms with van der Waals surface area (Å²) < 4.78 is 18.0. The van der Waals surface area contributed by atoms with E-state index in [1.165, 1.54) is 24.3 Å². The van der Waals surface area contributed by atoms with Gasteiger partial charge in [-0.25, -0.2) is 0 Å². The molecular formula is C6H6AsNO4. The van der Waals surface area contributed by atoms with Crippen LogP contribution in [0.5, 0.6) is 0 Å². The fourth-order valence-corrected chi connectivity index (χ4v) is 1.58. The van der Waals surface area contributed by atoms with Crippen LogP contribution in [0.1, 0.15) is 0 Å². The zero-order valence-corrected chi connectivity index (χ0v) is 7.79. The molecule has 0 aromatic heterocycles. The van der Waals surface area contributed by atoms with Crippen molar-refractivity contribution in [1.82, 2.24) is 0 Å². The van der Waals surface area contributed by atoms with Crippen LogP contribution in [0.15, 0.2) is 24.3 Å². The van der Waals surface area contributed by atoms with Crippen molar-refractivity contribution in [2.24, 2.45) is 0 Å². The summed E-state index contributed by atoms with van der Waals surface area (Å²) >= 11 is -2.86. The first-order valence-electron chi connectivity index (χ1n) is 3.03. The molecule has 1 aromatic rings. The van der Waals surface area contributed by atoms with Crippen LogP contribution < -0.4 is 4.35 Å². The summed E-state index contributed by atoms with van der Waals surface area (Å²) in [7, 11) is 0. The second-order valence-electron chi connectivity index (χ2n) is 2.06. The van der Waals surface area contributed by atoms with Crippen molar-refractivity contribution in [1.29, 1.82) is 0 Å². The average Bonchev–Trinajstić information content (AvgIpc) is 2.04. The van der Waals surface area contributed by atoms with E-state index in [4.69, 9.17) is 8.19 Å². The second kappa shape index (κ2) is 3.67. The number of non-ortho nitro benzene ring substituents is 1. The molecule has 6 heteroatoms. The summed E-state index contributed by atoms with van der Waals surface area (Å²) in [5.74, 6) is 0. The van der Waals surface area contributed by atoms with E-state index < -0.39 is 20.3 Å². The molecule has 0 fully saturated rings. The Hall–Kier alpha value is -0.902. The Morgan fingerprint density at radius 3 is 2.08 bits per heavy atom. The van der Waals surface area contributed by atoms with Crippen LogP contribution in [0.25, 0.3) is 0 Å². The minimum absolute atomic E-state index is 0.0467. The molecule has 1 rings (SSSR count). The molecule has 0 heterocycles. The van der Waals surface area contributed by atoms with Crippen LogP contribution in [0, 0.1) is 10.1 Å². The number of benzene rings is 1. The van der Waals surface area contributed by atoms with Gasteiger partial charge >= 0.3 is 72.9 Å². The van der Waals surface area contributed by atoms with Crippen LogP contribution in [-0.2, 0) is 0 Å². The van der Waals surface area contributed by atoms with Gasteiger partial charge in [0.2, 0.25) is 0 Å². The van der Waals surface area contributed by atoms with Gasteiger partial charge in [0, 0.05) is 0 Å². The summed E-state index contributed by atoms with van der Waals surface area (Å²) in [5.41, 5.74) is -0.0467. The molecule has 2 N–H and O–H groups in total. The predicted octanol–water partition coefficient (Wildman–Crippen LogP) is -0.725. The number of rotatable bonds is 2. The molecule has 64 valence electrons. The second-order valence-corrected chi connectivity index (χ2v) is 4.36. The van der Waals surface area contributed by atoms with E-state index in [-0.39, 0.29) is 5.69 Å². The molecule has 12 heavy (non-hydrogen) atoms. The van der Waals surface area contributed by atoms with Gasteiger partial charge in [0.05, 0.1) is 0 Å². The fourth-order valence-electron chi connectivity index (χ4n) is 0.708. The topological polar surface area (TPSA) is 83.6 Å². The van der Waals surface area contributed by atoms with Gasteiger partial charge in [0.15, 0.2) is 0 Å². The van der Waals surface area contributed by atoms with Gasteiger partial charge in [0.25, 0.3) is 0 Å². The molecule has 1 aromatic carbocycles. The van der Waals surface area contributed by atoms with Gasteiger partial charge in [-0.15, -0.1) is 0 Å². The summed E-state index contributed by atoms with van der Waals surface area (Å²) in [6.07, 6.45) is 0. The molecule has 0 radical (unpaired) electrons. The Labute approximate surface area is 73.4 Å². The minimum atomic E-state index is -2.86. The van der Waals surface area contributed by atoms with Crippen molar-refractivity contribution >= 4 is 25.4 Å². The average molecular weight is 231 g/mol. The predicted molar refractivity (Wildman–Crippen MR) is 42.9 cm³/mol. The standard InChI is InChI=1S/C6H6AsNO4/c9-7(10)5-1-3-6(4-2-5)8(11)12/h1-4,9-10H. The van der Waals surface area contributed by atoms with Gasteiger partial charge in [-0.1, -0.05) is 0 Å². The summed E-state index contributed by atoms with van der Waals surface area (Å²) in [4.78, 5) is 9.64. The molecule has 0 spiro atoms. The van der Waals surface area contributed by atoms with Crippen LogP contribution in [-0.4, -0.2) is 28.4 Å². The molecule has 5 nitrogen and oxygen atoms in total. The van der Waals surface area contributed by atoms with E-state index in [9.17, 15) is 10.1 Å². The number of nitro benzene ring substituents is 1. The number of hydrogen-bond acceptors (Lipinski definition) is 4. The molecule has 0 amide bonds. The van der Waals surface area contributed by atoms with Crippen molar-refractivity contribution in [3.8, 4) is 0 Å². The first-order chi connectivity index (χ1) is 5.61. The van der Waals surface area contributed by atoms with Crippen molar-refractivity contribution < 1.29 is 13.1 Å². The third-order valence-electron chi connectivity index (χ3n) is 1.29. The van der Waals surface area contributed by atoms with Crippen molar-refractivity contribution in [2.75, 3.05) is 0 Å². The zero-order valence-electron chi connectivity index (χ0n) is 5.91. The first-order valence-corrected chi connectivity index (χ1v) is 5.65. The molecule has 0 atom stereocenters. The van der Waals surface area contributed by atoms with E-state index in [0.717, 1.165) is 0 Å². The van der Waals surface area contributed by atoms with Crippen LogP contribution in [0.2, 0.25) is 0 Å². The zero-order chi connectivity index (χ0) is 9.14. The Morgan fingerprint density at radius 1 is 1.25 bits per heavy atom. The Morgan fingerprint density at radius 2 is 1.75 bits per heavy atom. The van der Waals surface area contributed by atoms with Crippen LogP contribution >= 0.6 is 0 Å². The normalized spacial score (nSPS) is 10.2. The molecule has 0 saturated carbocycles. The Bertz CT molecular complexity index is 284. The molecule has 0 aliphatic carbocycles. The van der Waals surface area contributed by atoms with Gasteiger partial charge in [0.1, 0.15) is 0 Å². The summed E-state index contributed by atoms with van der Waals surface area (Å²) in [5, 5.41) is 10.2. The molecule has 0 aliphatic heterocycles. The van der Waals surface area contributed by atoms with E-state index in [1.807, 2.05) is 0 Å². The molecular weight excluding hydrogens is 225 g/mol. The maximum atomic E-state index is 10.2. The third-order valence-corrected chi connectivity index (χ3v) is 2.89. The van der Waals surface area contributed by atoms with Gasteiger partial charge in [-0.2, -0.15) is 0 Å². The van der Waals surface area contributed by atoms with E-state index >= 15 is 0 Å². The van der Waals surface area contributed by atoms with Crippen molar-refractivity contribution in [3.05, 3.63) is 34.4 Å². The van der Waals surface area contributed by atoms with E-state index in [2.05, 4.69) is 0 Å². The quantitative estimate of drug-likeness (QED) is 0.399.